The Labute approximate surface area is 116 Å². The summed E-state index contributed by atoms with van der Waals surface area (Å²) in [6, 6.07) is 5.46. The van der Waals surface area contributed by atoms with Crippen molar-refractivity contribution in [2.24, 2.45) is 0 Å². The molecule has 1 aromatic rings. The summed E-state index contributed by atoms with van der Waals surface area (Å²) in [7, 11) is -0.577. The molecule has 0 heterocycles. The fraction of sp³-hybridized carbons (Fsp3) is 0.417. The molecule has 1 fully saturated rings. The van der Waals surface area contributed by atoms with Gasteiger partial charge in [0.1, 0.15) is 6.10 Å². The lowest BCUT2D eigenvalue weighted by molar-refractivity contribution is -0.384. The van der Waals surface area contributed by atoms with Crippen LogP contribution in [0.3, 0.4) is 0 Å². The van der Waals surface area contributed by atoms with E-state index in [0.717, 1.165) is 0 Å². The zero-order valence-electron chi connectivity index (χ0n) is 11.0. The van der Waals surface area contributed by atoms with Crippen molar-refractivity contribution < 1.29 is 19.5 Å². The predicted octanol–water partition coefficient (Wildman–Crippen LogP) is 0.982. The normalized spacial score (nSPS) is 20.9. The van der Waals surface area contributed by atoms with Gasteiger partial charge in [-0.2, -0.15) is 0 Å². The Bertz CT molecular complexity index is 499. The van der Waals surface area contributed by atoms with Crippen molar-refractivity contribution in [3.63, 3.8) is 0 Å². The summed E-state index contributed by atoms with van der Waals surface area (Å²) in [4.78, 5) is 21.8. The van der Waals surface area contributed by atoms with Crippen LogP contribution >= 0.6 is 0 Å². The van der Waals surface area contributed by atoms with Gasteiger partial charge in [0, 0.05) is 18.2 Å². The predicted molar refractivity (Wildman–Crippen MR) is 72.3 cm³/mol. The van der Waals surface area contributed by atoms with Gasteiger partial charge in [-0.1, -0.05) is 0 Å². The first-order chi connectivity index (χ1) is 9.45. The van der Waals surface area contributed by atoms with Gasteiger partial charge in [-0.3, -0.25) is 10.1 Å². The molecule has 1 saturated carbocycles. The number of nitrogens with zero attached hydrogens (tertiary/aromatic N) is 1. The number of esters is 1. The van der Waals surface area contributed by atoms with E-state index >= 15 is 0 Å². The third kappa shape index (κ3) is 3.55. The van der Waals surface area contributed by atoms with E-state index < -0.39 is 17.9 Å². The number of nitro benzene ring substituents is 1. The molecule has 0 spiro atoms. The molecule has 0 atom stereocenters. The van der Waals surface area contributed by atoms with Gasteiger partial charge in [0.15, 0.2) is 0 Å². The summed E-state index contributed by atoms with van der Waals surface area (Å²) in [5, 5.41) is 22.6. The van der Waals surface area contributed by atoms with Crippen molar-refractivity contribution in [2.45, 2.75) is 31.8 Å². The van der Waals surface area contributed by atoms with Crippen molar-refractivity contribution >= 4 is 18.7 Å². The van der Waals surface area contributed by atoms with Gasteiger partial charge in [0.05, 0.1) is 10.5 Å². The molecular formula is C12H15BN2O5. The summed E-state index contributed by atoms with van der Waals surface area (Å²) in [5.74, 6) is -0.486. The molecular weight excluding hydrogens is 263 g/mol. The van der Waals surface area contributed by atoms with Crippen LogP contribution in [0.5, 0.6) is 0 Å². The van der Waals surface area contributed by atoms with Crippen LogP contribution in [0.2, 0.25) is 6.82 Å². The van der Waals surface area contributed by atoms with Crippen molar-refractivity contribution in [2.75, 3.05) is 0 Å². The Morgan fingerprint density at radius 1 is 1.45 bits per heavy atom. The second kappa shape index (κ2) is 6.02. The Morgan fingerprint density at radius 3 is 2.55 bits per heavy atom. The highest BCUT2D eigenvalue weighted by Crippen LogP contribution is 2.24. The number of non-ortho nitro benzene ring substituents is 1. The van der Waals surface area contributed by atoms with Gasteiger partial charge < -0.3 is 15.0 Å². The van der Waals surface area contributed by atoms with Crippen LogP contribution in [0.4, 0.5) is 5.69 Å². The topological polar surface area (TPSA) is 102 Å². The maximum Gasteiger partial charge on any atom is 0.373 e. The highest BCUT2D eigenvalue weighted by Gasteiger charge is 2.33. The fourth-order valence-electron chi connectivity index (χ4n) is 2.08. The first-order valence-corrected chi connectivity index (χ1v) is 6.35. The van der Waals surface area contributed by atoms with Crippen molar-refractivity contribution in [3.8, 4) is 0 Å². The summed E-state index contributed by atoms with van der Waals surface area (Å²) in [6.07, 6.45) is 1.14. The van der Waals surface area contributed by atoms with Gasteiger partial charge in [-0.05, 0) is 31.8 Å². The van der Waals surface area contributed by atoms with E-state index in [1.807, 2.05) is 0 Å². The first-order valence-electron chi connectivity index (χ1n) is 6.35. The average Bonchev–Trinajstić information content (AvgIpc) is 2.35. The van der Waals surface area contributed by atoms with E-state index in [4.69, 9.17) is 9.76 Å². The molecule has 0 saturated heterocycles. The molecule has 0 unspecified atom stereocenters. The zero-order chi connectivity index (χ0) is 14.7. The largest absolute Gasteiger partial charge is 0.459 e. The van der Waals surface area contributed by atoms with Gasteiger partial charge in [-0.25, -0.2) is 4.79 Å². The number of rotatable bonds is 5. The van der Waals surface area contributed by atoms with Gasteiger partial charge in [-0.15, -0.1) is 0 Å². The summed E-state index contributed by atoms with van der Waals surface area (Å²) in [5.41, 5.74) is 0.230. The van der Waals surface area contributed by atoms with Crippen LogP contribution in [0.25, 0.3) is 0 Å². The van der Waals surface area contributed by atoms with E-state index in [0.29, 0.717) is 18.4 Å². The highest BCUT2D eigenvalue weighted by molar-refractivity contribution is 6.45. The smallest absolute Gasteiger partial charge is 0.373 e. The van der Waals surface area contributed by atoms with Crippen LogP contribution in [0.15, 0.2) is 24.3 Å². The Balaban J connectivity index is 1.83. The number of carbonyl (C=O) groups excluding carboxylic acids is 1. The fourth-order valence-corrected chi connectivity index (χ4v) is 2.08. The standard InChI is InChI=1S/C12H15BN2O5/c1-13(17)14-9-6-11(7-9)20-12(16)8-2-4-10(5-3-8)15(18)19/h2-5,9,11,14,17H,6-7H2,1H3/t9-,11-. The van der Waals surface area contributed by atoms with Crippen molar-refractivity contribution in [3.05, 3.63) is 39.9 Å². The van der Waals surface area contributed by atoms with Crippen LogP contribution in [0, 0.1) is 10.1 Å². The lowest BCUT2D eigenvalue weighted by atomic mass is 9.80. The van der Waals surface area contributed by atoms with E-state index in [1.165, 1.54) is 24.3 Å². The Morgan fingerprint density at radius 2 is 2.05 bits per heavy atom. The third-order valence-electron chi connectivity index (χ3n) is 3.16. The molecule has 0 amide bonds. The molecule has 106 valence electrons. The Hall–Kier alpha value is -1.93. The number of benzene rings is 1. The second-order valence-electron chi connectivity index (χ2n) is 4.84. The summed E-state index contributed by atoms with van der Waals surface area (Å²) < 4.78 is 5.25. The minimum atomic E-state index is -0.577. The van der Waals surface area contributed by atoms with E-state index in [2.05, 4.69) is 5.23 Å². The van der Waals surface area contributed by atoms with Crippen molar-refractivity contribution in [1.82, 2.24) is 5.23 Å². The minimum Gasteiger partial charge on any atom is -0.459 e. The molecule has 2 N–H and O–H groups in total. The lowest BCUT2D eigenvalue weighted by Crippen LogP contribution is -2.50. The quantitative estimate of drug-likeness (QED) is 0.360. The maximum atomic E-state index is 11.8. The molecule has 0 radical (unpaired) electrons. The highest BCUT2D eigenvalue weighted by atomic mass is 16.6. The Kier molecular flexibility index (Phi) is 4.36. The van der Waals surface area contributed by atoms with Gasteiger partial charge in [0.2, 0.25) is 0 Å². The third-order valence-corrected chi connectivity index (χ3v) is 3.16. The van der Waals surface area contributed by atoms with Crippen LogP contribution in [-0.2, 0) is 4.74 Å². The number of hydrogen-bond acceptors (Lipinski definition) is 6. The van der Waals surface area contributed by atoms with E-state index in [-0.39, 0.29) is 17.8 Å². The molecule has 2 rings (SSSR count). The monoisotopic (exact) mass is 278 g/mol. The molecule has 1 aliphatic rings. The summed E-state index contributed by atoms with van der Waals surface area (Å²) in [6.45, 7) is 1.64. The van der Waals surface area contributed by atoms with E-state index in [9.17, 15) is 14.9 Å². The number of nitro groups is 1. The zero-order valence-corrected chi connectivity index (χ0v) is 11.0. The molecule has 1 aromatic carbocycles. The van der Waals surface area contributed by atoms with Crippen LogP contribution in [-0.4, -0.2) is 35.1 Å². The molecule has 8 heteroatoms. The van der Waals surface area contributed by atoms with Gasteiger partial charge >= 0.3 is 13.0 Å². The number of hydrogen-bond donors (Lipinski definition) is 2. The first kappa shape index (κ1) is 14.5. The lowest BCUT2D eigenvalue weighted by Gasteiger charge is -2.35. The minimum absolute atomic E-state index is 0.0635. The molecule has 7 nitrogen and oxygen atoms in total. The summed E-state index contributed by atoms with van der Waals surface area (Å²) >= 11 is 0. The molecule has 1 aliphatic carbocycles. The average molecular weight is 278 g/mol. The second-order valence-corrected chi connectivity index (χ2v) is 4.84. The van der Waals surface area contributed by atoms with Crippen molar-refractivity contribution in [1.29, 1.82) is 0 Å². The maximum absolute atomic E-state index is 11.8. The molecule has 20 heavy (non-hydrogen) atoms. The molecule has 0 bridgehead atoms. The number of ether oxygens (including phenoxy) is 1. The van der Waals surface area contributed by atoms with Crippen LogP contribution < -0.4 is 5.23 Å². The van der Waals surface area contributed by atoms with Gasteiger partial charge in [0.25, 0.3) is 5.69 Å². The number of carbonyl (C=O) groups is 1. The number of nitrogens with one attached hydrogen (secondary N) is 1. The molecule has 0 aromatic heterocycles. The molecule has 0 aliphatic heterocycles. The van der Waals surface area contributed by atoms with Crippen LogP contribution in [0.1, 0.15) is 23.2 Å². The van der Waals surface area contributed by atoms with E-state index in [1.54, 1.807) is 6.82 Å². The SMILES string of the molecule is CB(O)N[C@H]1C[C@H](OC(=O)c2ccc([N+](=O)[O-])cc2)C1.